The van der Waals surface area contributed by atoms with Crippen molar-refractivity contribution >= 4 is 29.1 Å². The summed E-state index contributed by atoms with van der Waals surface area (Å²) in [7, 11) is 0.943. The number of hydrogen-bond acceptors (Lipinski definition) is 6. The summed E-state index contributed by atoms with van der Waals surface area (Å²) in [5.41, 5.74) is 4.22. The van der Waals surface area contributed by atoms with E-state index in [4.69, 9.17) is 26.8 Å². The van der Waals surface area contributed by atoms with E-state index in [2.05, 4.69) is 15.0 Å². The summed E-state index contributed by atoms with van der Waals surface area (Å²) in [6, 6.07) is 5.98. The molecular formula is C21H13ClF5N3O5. The summed E-state index contributed by atoms with van der Waals surface area (Å²) >= 11 is 5.78. The molecule has 14 heteroatoms. The Morgan fingerprint density at radius 1 is 1.03 bits per heavy atom. The number of nitrogens with one attached hydrogen (secondary N) is 1. The molecule has 3 rings (SSSR count). The van der Waals surface area contributed by atoms with Crippen LogP contribution >= 0.6 is 11.6 Å². The fourth-order valence-electron chi connectivity index (χ4n) is 2.78. The second kappa shape index (κ2) is 10.0. The zero-order chi connectivity index (χ0) is 25.9. The van der Waals surface area contributed by atoms with Gasteiger partial charge in [0.05, 0.1) is 12.1 Å². The molecule has 0 aliphatic carbocycles. The average Bonchev–Trinajstić information content (AvgIpc) is 2.77. The number of alkyl halides is 3. The van der Waals surface area contributed by atoms with Crippen molar-refractivity contribution in [3.63, 3.8) is 0 Å². The molecule has 0 radical (unpaired) electrons. The topological polar surface area (TPSA) is 113 Å². The quantitative estimate of drug-likeness (QED) is 0.423. The summed E-state index contributed by atoms with van der Waals surface area (Å²) in [6.07, 6.45) is -4.01. The molecule has 0 spiro atoms. The Kier molecular flexibility index (Phi) is 7.29. The molecule has 0 atom stereocenters. The number of primary amides is 1. The van der Waals surface area contributed by atoms with Gasteiger partial charge in [0.25, 0.3) is 11.8 Å². The molecule has 0 saturated carbocycles. The van der Waals surface area contributed by atoms with Crippen molar-refractivity contribution in [2.24, 2.45) is 5.73 Å². The first-order valence-corrected chi connectivity index (χ1v) is 9.64. The van der Waals surface area contributed by atoms with Gasteiger partial charge in [-0.05, 0) is 36.4 Å². The number of rotatable bonds is 7. The van der Waals surface area contributed by atoms with Gasteiger partial charge in [-0.1, -0.05) is 11.6 Å². The largest absolute Gasteiger partial charge is 0.573 e. The molecule has 2 aromatic carbocycles. The second-order valence-corrected chi connectivity index (χ2v) is 6.95. The first kappa shape index (κ1) is 25.5. The maximum Gasteiger partial charge on any atom is 0.573 e. The number of pyridine rings is 1. The number of benzene rings is 2. The smallest absolute Gasteiger partial charge is 0.490 e. The number of amides is 2. The van der Waals surface area contributed by atoms with E-state index >= 15 is 0 Å². The summed E-state index contributed by atoms with van der Waals surface area (Å²) in [6.45, 7) is 0. The first-order chi connectivity index (χ1) is 16.4. The molecule has 0 aliphatic heterocycles. The van der Waals surface area contributed by atoms with Crippen LogP contribution in [0.4, 0.5) is 27.6 Å². The van der Waals surface area contributed by atoms with E-state index in [1.54, 1.807) is 0 Å². The van der Waals surface area contributed by atoms with E-state index < -0.39 is 63.4 Å². The Bertz CT molecular complexity index is 1300. The SMILES string of the molecule is COc1c(Oc2ccc(Cl)c(F)c2C(=O)Nc2ccnc(C(N)=O)c2)ccc(OC(F)(F)F)c1F. The van der Waals surface area contributed by atoms with E-state index in [1.165, 1.54) is 12.3 Å². The van der Waals surface area contributed by atoms with Crippen LogP contribution in [0.5, 0.6) is 23.0 Å². The maximum absolute atomic E-state index is 14.8. The Labute approximate surface area is 198 Å². The fraction of sp³-hybridized carbons (Fsp3) is 0.0952. The number of nitrogens with two attached hydrogens (primary N) is 1. The van der Waals surface area contributed by atoms with Crippen LogP contribution in [0, 0.1) is 11.6 Å². The molecule has 3 aromatic rings. The fourth-order valence-corrected chi connectivity index (χ4v) is 2.94. The van der Waals surface area contributed by atoms with Crippen LogP contribution in [-0.4, -0.2) is 30.3 Å². The highest BCUT2D eigenvalue weighted by molar-refractivity contribution is 6.31. The van der Waals surface area contributed by atoms with E-state index in [-0.39, 0.29) is 11.4 Å². The number of carbonyl (C=O) groups is 2. The Hall–Kier alpha value is -4.13. The highest BCUT2D eigenvalue weighted by Crippen LogP contribution is 2.41. The molecule has 0 bridgehead atoms. The molecule has 35 heavy (non-hydrogen) atoms. The summed E-state index contributed by atoms with van der Waals surface area (Å²) in [4.78, 5) is 27.8. The monoisotopic (exact) mass is 517 g/mol. The van der Waals surface area contributed by atoms with E-state index in [0.29, 0.717) is 6.07 Å². The van der Waals surface area contributed by atoms with Crippen molar-refractivity contribution in [3.8, 4) is 23.0 Å². The molecule has 2 amide bonds. The van der Waals surface area contributed by atoms with Crippen LogP contribution in [0.3, 0.4) is 0 Å². The standard InChI is InChI=1S/C21H13ClF5N3O5/c1-33-18-14(5-4-13(17(18)24)35-21(25,26)27)34-12-3-2-10(22)16(23)15(12)20(32)30-9-6-7-29-11(8-9)19(28)31/h2-8H,1H3,(H2,28,31)(H,29,30,32). The minimum absolute atomic E-state index is 0.0152. The molecule has 8 nitrogen and oxygen atoms in total. The third-order valence-corrected chi connectivity index (χ3v) is 4.52. The number of carbonyl (C=O) groups excluding carboxylic acids is 2. The average molecular weight is 518 g/mol. The van der Waals surface area contributed by atoms with Crippen LogP contribution in [0.2, 0.25) is 5.02 Å². The Morgan fingerprint density at radius 2 is 1.69 bits per heavy atom. The van der Waals surface area contributed by atoms with Gasteiger partial charge >= 0.3 is 6.36 Å². The summed E-state index contributed by atoms with van der Waals surface area (Å²) in [5.74, 6) is -7.77. The Morgan fingerprint density at radius 3 is 2.31 bits per heavy atom. The predicted molar refractivity (Wildman–Crippen MR) is 112 cm³/mol. The minimum Gasteiger partial charge on any atom is -0.490 e. The molecule has 0 saturated heterocycles. The molecule has 1 aromatic heterocycles. The summed E-state index contributed by atoms with van der Waals surface area (Å²) in [5, 5.41) is 1.84. The van der Waals surface area contributed by atoms with Crippen molar-refractivity contribution < 1.29 is 45.8 Å². The lowest BCUT2D eigenvalue weighted by Gasteiger charge is -2.17. The van der Waals surface area contributed by atoms with Crippen molar-refractivity contribution in [2.75, 3.05) is 12.4 Å². The number of methoxy groups -OCH3 is 1. The van der Waals surface area contributed by atoms with Crippen LogP contribution in [0.25, 0.3) is 0 Å². The van der Waals surface area contributed by atoms with Crippen molar-refractivity contribution in [1.29, 1.82) is 0 Å². The maximum atomic E-state index is 14.8. The van der Waals surface area contributed by atoms with Crippen molar-refractivity contribution in [2.45, 2.75) is 6.36 Å². The number of ether oxygens (including phenoxy) is 3. The van der Waals surface area contributed by atoms with Crippen LogP contribution in [-0.2, 0) is 0 Å². The number of nitrogens with zero attached hydrogens (tertiary/aromatic N) is 1. The number of hydrogen-bond donors (Lipinski definition) is 2. The number of halogens is 6. The molecule has 0 aliphatic rings. The Balaban J connectivity index is 2.00. The van der Waals surface area contributed by atoms with E-state index in [1.807, 2.05) is 0 Å². The number of aromatic nitrogens is 1. The molecule has 0 fully saturated rings. The lowest BCUT2D eigenvalue weighted by Crippen LogP contribution is -2.18. The van der Waals surface area contributed by atoms with Gasteiger partial charge in [0.2, 0.25) is 11.6 Å². The van der Waals surface area contributed by atoms with Gasteiger partial charge in [-0.2, -0.15) is 4.39 Å². The number of anilines is 1. The molecule has 1 heterocycles. The van der Waals surface area contributed by atoms with Crippen LogP contribution in [0.15, 0.2) is 42.6 Å². The van der Waals surface area contributed by atoms with Gasteiger partial charge in [0.1, 0.15) is 17.0 Å². The van der Waals surface area contributed by atoms with Crippen LogP contribution < -0.4 is 25.3 Å². The zero-order valence-corrected chi connectivity index (χ0v) is 18.1. The predicted octanol–water partition coefficient (Wildman–Crippen LogP) is 5.06. The second-order valence-electron chi connectivity index (χ2n) is 6.54. The molecule has 184 valence electrons. The third kappa shape index (κ3) is 5.87. The van der Waals surface area contributed by atoms with Crippen molar-refractivity contribution in [3.05, 3.63) is 70.5 Å². The van der Waals surface area contributed by atoms with Gasteiger partial charge in [0.15, 0.2) is 17.3 Å². The van der Waals surface area contributed by atoms with E-state index in [9.17, 15) is 31.5 Å². The van der Waals surface area contributed by atoms with Gasteiger partial charge in [-0.3, -0.25) is 14.6 Å². The zero-order valence-electron chi connectivity index (χ0n) is 17.4. The lowest BCUT2D eigenvalue weighted by molar-refractivity contribution is -0.275. The van der Waals surface area contributed by atoms with E-state index in [0.717, 1.165) is 31.4 Å². The molecule has 0 unspecified atom stereocenters. The highest BCUT2D eigenvalue weighted by Gasteiger charge is 2.34. The van der Waals surface area contributed by atoms with Crippen LogP contribution in [0.1, 0.15) is 20.8 Å². The lowest BCUT2D eigenvalue weighted by atomic mass is 10.1. The normalized spacial score (nSPS) is 11.1. The summed E-state index contributed by atoms with van der Waals surface area (Å²) < 4.78 is 80.6. The van der Waals surface area contributed by atoms with Gasteiger partial charge in [-0.25, -0.2) is 4.39 Å². The molecule has 3 N–H and O–H groups in total. The first-order valence-electron chi connectivity index (χ1n) is 9.26. The molecular weight excluding hydrogens is 505 g/mol. The van der Waals surface area contributed by atoms with Gasteiger partial charge in [0, 0.05) is 11.9 Å². The third-order valence-electron chi connectivity index (χ3n) is 4.23. The highest BCUT2D eigenvalue weighted by atomic mass is 35.5. The van der Waals surface area contributed by atoms with Crippen molar-refractivity contribution in [1.82, 2.24) is 4.98 Å². The minimum atomic E-state index is -5.18. The van der Waals surface area contributed by atoms with Gasteiger partial charge < -0.3 is 25.3 Å². The van der Waals surface area contributed by atoms with Gasteiger partial charge in [-0.15, -0.1) is 13.2 Å².